The maximum Gasteiger partial charge on any atom is 0.173 e. The normalized spacial score (nSPS) is 11.4. The molecule has 0 atom stereocenters. The minimum Gasteiger partial charge on any atom is -0.355 e. The minimum absolute atomic E-state index is 0.762. The van der Waals surface area contributed by atoms with Crippen molar-refractivity contribution in [3.8, 4) is 10.7 Å². The smallest absolute Gasteiger partial charge is 0.173 e. The Morgan fingerprint density at radius 1 is 1.24 bits per heavy atom. The molecule has 0 aromatic carbocycles. The third kappa shape index (κ3) is 2.94. The lowest BCUT2D eigenvalue weighted by molar-refractivity contribution is 0.766. The van der Waals surface area contributed by atoms with Crippen LogP contribution >= 0.6 is 22.7 Å². The number of hydrogen-bond acceptors (Lipinski definition) is 6. The minimum atomic E-state index is 0.762. The van der Waals surface area contributed by atoms with Gasteiger partial charge in [-0.3, -0.25) is 4.68 Å². The number of hydrogen-bond donors (Lipinski definition) is 0. The van der Waals surface area contributed by atoms with Gasteiger partial charge in [-0.05, 0) is 30.9 Å². The summed E-state index contributed by atoms with van der Waals surface area (Å²) in [6.07, 6.45) is 3.95. The molecule has 0 radical (unpaired) electrons. The zero-order chi connectivity index (χ0) is 17.6. The quantitative estimate of drug-likeness (QED) is 0.535. The molecule has 4 aromatic rings. The van der Waals surface area contributed by atoms with Gasteiger partial charge in [-0.2, -0.15) is 5.10 Å². The van der Waals surface area contributed by atoms with E-state index in [-0.39, 0.29) is 0 Å². The third-order valence-corrected chi connectivity index (χ3v) is 6.26. The second-order valence-electron chi connectivity index (χ2n) is 6.19. The molecule has 4 heterocycles. The Labute approximate surface area is 154 Å². The molecule has 0 spiro atoms. The molecule has 0 bridgehead atoms. The van der Waals surface area contributed by atoms with Gasteiger partial charge in [-0.1, -0.05) is 6.07 Å². The zero-order valence-electron chi connectivity index (χ0n) is 14.6. The van der Waals surface area contributed by atoms with Gasteiger partial charge < -0.3 is 4.90 Å². The molecule has 25 heavy (non-hydrogen) atoms. The fourth-order valence-electron chi connectivity index (χ4n) is 2.92. The molecule has 5 nitrogen and oxygen atoms in total. The maximum atomic E-state index is 4.93. The summed E-state index contributed by atoms with van der Waals surface area (Å²) in [7, 11) is 4.02. The van der Waals surface area contributed by atoms with Crippen molar-refractivity contribution < 1.29 is 0 Å². The largest absolute Gasteiger partial charge is 0.355 e. The topological polar surface area (TPSA) is 46.8 Å². The molecule has 4 aromatic heterocycles. The number of fused-ring (bicyclic) bond motifs is 1. The lowest BCUT2D eigenvalue weighted by Crippen LogP contribution is -2.18. The molecule has 0 aliphatic heterocycles. The molecular formula is C18H19N5S2. The van der Waals surface area contributed by atoms with Crippen LogP contribution in [0.5, 0.6) is 0 Å². The molecule has 128 valence electrons. The lowest BCUT2D eigenvalue weighted by atomic mass is 10.2. The van der Waals surface area contributed by atoms with E-state index in [1.54, 1.807) is 22.7 Å². The van der Waals surface area contributed by atoms with Crippen molar-refractivity contribution in [1.82, 2.24) is 19.7 Å². The van der Waals surface area contributed by atoms with Gasteiger partial charge >= 0.3 is 0 Å². The predicted octanol–water partition coefficient (Wildman–Crippen LogP) is 4.41. The number of thiophene rings is 2. The molecule has 0 aliphatic rings. The Bertz CT molecular complexity index is 1030. The van der Waals surface area contributed by atoms with E-state index in [2.05, 4.69) is 42.3 Å². The predicted molar refractivity (Wildman–Crippen MR) is 106 cm³/mol. The van der Waals surface area contributed by atoms with Gasteiger partial charge in [0.25, 0.3) is 0 Å². The summed E-state index contributed by atoms with van der Waals surface area (Å²) in [4.78, 5) is 15.4. The molecule has 0 saturated carbocycles. The van der Waals surface area contributed by atoms with Crippen LogP contribution < -0.4 is 4.90 Å². The Morgan fingerprint density at radius 3 is 2.76 bits per heavy atom. The van der Waals surface area contributed by atoms with E-state index in [9.17, 15) is 0 Å². The standard InChI is InChI=1S/C18H19N5S2/c1-11-12(2)25-18-15(11)17(20-16(21-18)14-6-5-7-24-14)22(3)9-13-8-19-23(4)10-13/h5-8,10H,9H2,1-4H3. The van der Waals surface area contributed by atoms with Gasteiger partial charge in [0.05, 0.1) is 16.5 Å². The van der Waals surface area contributed by atoms with Gasteiger partial charge in [0, 0.05) is 37.3 Å². The Hall–Kier alpha value is -2.25. The van der Waals surface area contributed by atoms with Crippen molar-refractivity contribution in [2.75, 3.05) is 11.9 Å². The highest BCUT2D eigenvalue weighted by Crippen LogP contribution is 2.37. The van der Waals surface area contributed by atoms with Crippen molar-refractivity contribution in [2.24, 2.45) is 7.05 Å². The van der Waals surface area contributed by atoms with Crippen LogP contribution in [0.25, 0.3) is 20.9 Å². The summed E-state index contributed by atoms with van der Waals surface area (Å²) in [6, 6.07) is 4.11. The molecule has 0 saturated heterocycles. The number of aryl methyl sites for hydroxylation is 3. The zero-order valence-corrected chi connectivity index (χ0v) is 16.3. The van der Waals surface area contributed by atoms with Gasteiger partial charge in [0.1, 0.15) is 10.6 Å². The van der Waals surface area contributed by atoms with Crippen LogP contribution in [0.2, 0.25) is 0 Å². The van der Waals surface area contributed by atoms with E-state index in [1.807, 2.05) is 30.2 Å². The van der Waals surface area contributed by atoms with Gasteiger partial charge in [0.2, 0.25) is 0 Å². The van der Waals surface area contributed by atoms with Crippen LogP contribution in [0, 0.1) is 13.8 Å². The first-order valence-corrected chi connectivity index (χ1v) is 9.73. The monoisotopic (exact) mass is 369 g/mol. The third-order valence-electron chi connectivity index (χ3n) is 4.29. The van der Waals surface area contributed by atoms with Crippen molar-refractivity contribution in [2.45, 2.75) is 20.4 Å². The van der Waals surface area contributed by atoms with Crippen LogP contribution in [-0.2, 0) is 13.6 Å². The summed E-state index contributed by atoms with van der Waals surface area (Å²) in [5.74, 6) is 1.79. The second-order valence-corrected chi connectivity index (χ2v) is 8.34. The summed E-state index contributed by atoms with van der Waals surface area (Å²) in [6.45, 7) is 5.07. The molecule has 4 rings (SSSR count). The van der Waals surface area contributed by atoms with E-state index in [4.69, 9.17) is 9.97 Å². The van der Waals surface area contributed by atoms with Crippen molar-refractivity contribution >= 4 is 38.7 Å². The van der Waals surface area contributed by atoms with E-state index in [0.29, 0.717) is 0 Å². The van der Waals surface area contributed by atoms with Crippen molar-refractivity contribution in [3.05, 3.63) is 45.9 Å². The average molecular weight is 370 g/mol. The van der Waals surface area contributed by atoms with Crippen LogP contribution in [0.3, 0.4) is 0 Å². The van der Waals surface area contributed by atoms with E-state index >= 15 is 0 Å². The first-order chi connectivity index (χ1) is 12.0. The number of aromatic nitrogens is 4. The number of rotatable bonds is 4. The first kappa shape index (κ1) is 16.2. The average Bonchev–Trinajstić information content (AvgIpc) is 3.30. The molecule has 0 unspecified atom stereocenters. The van der Waals surface area contributed by atoms with E-state index in [0.717, 1.165) is 33.3 Å². The highest BCUT2D eigenvalue weighted by molar-refractivity contribution is 7.19. The van der Waals surface area contributed by atoms with Gasteiger partial charge in [-0.25, -0.2) is 9.97 Å². The Morgan fingerprint density at radius 2 is 2.08 bits per heavy atom. The van der Waals surface area contributed by atoms with Gasteiger partial charge in [-0.15, -0.1) is 22.7 Å². The van der Waals surface area contributed by atoms with Crippen molar-refractivity contribution in [1.29, 1.82) is 0 Å². The lowest BCUT2D eigenvalue weighted by Gasteiger charge is -2.19. The molecule has 7 heteroatoms. The highest BCUT2D eigenvalue weighted by atomic mass is 32.1. The summed E-state index contributed by atoms with van der Waals surface area (Å²) in [5.41, 5.74) is 2.44. The second kappa shape index (κ2) is 6.24. The molecular weight excluding hydrogens is 350 g/mol. The Kier molecular flexibility index (Phi) is 4.05. The fraction of sp³-hybridized carbons (Fsp3) is 0.278. The first-order valence-electron chi connectivity index (χ1n) is 8.03. The summed E-state index contributed by atoms with van der Waals surface area (Å²) < 4.78 is 1.83. The van der Waals surface area contributed by atoms with Crippen LogP contribution in [0.4, 0.5) is 5.82 Å². The maximum absolute atomic E-state index is 4.93. The fourth-order valence-corrected chi connectivity index (χ4v) is 4.60. The SMILES string of the molecule is Cc1sc2nc(-c3cccs3)nc(N(C)Cc3cnn(C)c3)c2c1C. The van der Waals surface area contributed by atoms with E-state index < -0.39 is 0 Å². The number of anilines is 1. The van der Waals surface area contributed by atoms with Crippen LogP contribution in [0.1, 0.15) is 16.0 Å². The number of nitrogens with zero attached hydrogens (tertiary/aromatic N) is 5. The highest BCUT2D eigenvalue weighted by Gasteiger charge is 2.19. The van der Waals surface area contributed by atoms with Crippen molar-refractivity contribution in [3.63, 3.8) is 0 Å². The summed E-state index contributed by atoms with van der Waals surface area (Å²) in [5, 5.41) is 7.49. The van der Waals surface area contributed by atoms with Gasteiger partial charge in [0.15, 0.2) is 5.82 Å². The van der Waals surface area contributed by atoms with E-state index in [1.165, 1.54) is 16.0 Å². The molecule has 0 amide bonds. The summed E-state index contributed by atoms with van der Waals surface area (Å²) >= 11 is 3.41. The van der Waals surface area contributed by atoms with Crippen LogP contribution in [-0.4, -0.2) is 26.8 Å². The molecule has 0 fully saturated rings. The molecule has 0 aliphatic carbocycles. The van der Waals surface area contributed by atoms with Crippen LogP contribution in [0.15, 0.2) is 29.9 Å². The molecule has 0 N–H and O–H groups in total. The Balaban J connectivity index is 1.84.